The van der Waals surface area contributed by atoms with E-state index in [1.54, 1.807) is 13.1 Å². The van der Waals surface area contributed by atoms with Gasteiger partial charge >= 0.3 is 0 Å². The minimum atomic E-state index is -0.680. The zero-order valence-electron chi connectivity index (χ0n) is 9.83. The second kappa shape index (κ2) is 4.19. The van der Waals surface area contributed by atoms with Crippen molar-refractivity contribution in [2.75, 3.05) is 0 Å². The molecular weight excluding hydrogens is 228 g/mol. The number of nitrogens with zero attached hydrogens (tertiary/aromatic N) is 3. The highest BCUT2D eigenvalue weighted by Gasteiger charge is 2.15. The Balaban J connectivity index is 2.28. The van der Waals surface area contributed by atoms with Crippen molar-refractivity contribution in [3.63, 3.8) is 0 Å². The summed E-state index contributed by atoms with van der Waals surface area (Å²) in [6, 6.07) is 9.70. The van der Waals surface area contributed by atoms with Crippen LogP contribution in [0.2, 0.25) is 0 Å². The Kier molecular flexibility index (Phi) is 2.53. The third-order valence-corrected chi connectivity index (χ3v) is 2.75. The van der Waals surface area contributed by atoms with Crippen LogP contribution >= 0.6 is 0 Å². The molecule has 2 aromatic heterocycles. The number of aromatic nitrogens is 4. The van der Waals surface area contributed by atoms with Gasteiger partial charge < -0.3 is 5.11 Å². The van der Waals surface area contributed by atoms with E-state index in [2.05, 4.69) is 20.2 Å². The second-order valence-corrected chi connectivity index (χ2v) is 4.10. The first kappa shape index (κ1) is 10.9. The fourth-order valence-corrected chi connectivity index (χ4v) is 1.89. The number of aromatic amines is 1. The summed E-state index contributed by atoms with van der Waals surface area (Å²) in [4.78, 5) is 8.89. The summed E-state index contributed by atoms with van der Waals surface area (Å²) >= 11 is 0. The van der Waals surface area contributed by atoms with Crippen molar-refractivity contribution < 1.29 is 5.11 Å². The van der Waals surface area contributed by atoms with Crippen LogP contribution in [0.1, 0.15) is 18.7 Å². The molecule has 0 saturated carbocycles. The molecule has 0 saturated heterocycles. The number of hydrogen-bond donors (Lipinski definition) is 2. The summed E-state index contributed by atoms with van der Waals surface area (Å²) < 4.78 is 0. The maximum Gasteiger partial charge on any atom is 0.174 e. The van der Waals surface area contributed by atoms with Crippen LogP contribution < -0.4 is 0 Å². The second-order valence-electron chi connectivity index (χ2n) is 4.10. The zero-order chi connectivity index (χ0) is 12.5. The Morgan fingerprint density at radius 1 is 1.17 bits per heavy atom. The molecule has 1 atom stereocenters. The van der Waals surface area contributed by atoms with E-state index in [9.17, 15) is 5.11 Å². The van der Waals surface area contributed by atoms with Crippen LogP contribution in [0.5, 0.6) is 0 Å². The molecule has 0 radical (unpaired) electrons. The van der Waals surface area contributed by atoms with Gasteiger partial charge in [0.2, 0.25) is 0 Å². The molecule has 0 bridgehead atoms. The molecule has 2 heterocycles. The van der Waals surface area contributed by atoms with Crippen molar-refractivity contribution in [2.45, 2.75) is 13.0 Å². The van der Waals surface area contributed by atoms with Crippen molar-refractivity contribution in [3.8, 4) is 11.3 Å². The number of H-pyrrole nitrogens is 1. The Morgan fingerprint density at radius 2 is 1.94 bits per heavy atom. The maximum atomic E-state index is 9.83. The summed E-state index contributed by atoms with van der Waals surface area (Å²) in [6.07, 6.45) is 0.945. The third-order valence-electron chi connectivity index (χ3n) is 2.75. The van der Waals surface area contributed by atoms with Crippen LogP contribution in [-0.2, 0) is 0 Å². The van der Waals surface area contributed by atoms with E-state index >= 15 is 0 Å². The van der Waals surface area contributed by atoms with Crippen molar-refractivity contribution in [3.05, 3.63) is 42.2 Å². The van der Waals surface area contributed by atoms with Crippen LogP contribution in [0.15, 0.2) is 36.5 Å². The van der Waals surface area contributed by atoms with E-state index in [1.165, 1.54) is 0 Å². The fourth-order valence-electron chi connectivity index (χ4n) is 1.89. The van der Waals surface area contributed by atoms with E-state index in [-0.39, 0.29) is 0 Å². The molecule has 3 rings (SSSR count). The molecule has 1 aromatic carbocycles. The van der Waals surface area contributed by atoms with Crippen molar-refractivity contribution in [2.24, 2.45) is 0 Å². The SMILES string of the molecule is CC(O)c1nc2[nH]ncc2nc1-c1ccccc1. The summed E-state index contributed by atoms with van der Waals surface area (Å²) in [6.45, 7) is 1.68. The first-order chi connectivity index (χ1) is 8.75. The van der Waals surface area contributed by atoms with Crippen LogP contribution in [0, 0.1) is 0 Å². The third kappa shape index (κ3) is 1.74. The molecule has 3 aromatic rings. The first-order valence-electron chi connectivity index (χ1n) is 5.70. The highest BCUT2D eigenvalue weighted by molar-refractivity contribution is 5.74. The number of nitrogens with one attached hydrogen (secondary N) is 1. The lowest BCUT2D eigenvalue weighted by atomic mass is 10.1. The predicted molar refractivity (Wildman–Crippen MR) is 67.8 cm³/mol. The number of rotatable bonds is 2. The molecule has 18 heavy (non-hydrogen) atoms. The van der Waals surface area contributed by atoms with Gasteiger partial charge in [0.1, 0.15) is 5.52 Å². The standard InChI is InChI=1S/C13H12N4O/c1-8(18)11-12(9-5-3-2-4-6-9)15-10-7-14-17-13(10)16-11/h2-8,18H,1H3,(H,14,16,17). The van der Waals surface area contributed by atoms with Gasteiger partial charge in [0.15, 0.2) is 5.65 Å². The van der Waals surface area contributed by atoms with Gasteiger partial charge in [-0.15, -0.1) is 0 Å². The van der Waals surface area contributed by atoms with E-state index in [0.717, 1.165) is 5.56 Å². The van der Waals surface area contributed by atoms with Gasteiger partial charge in [-0.3, -0.25) is 5.10 Å². The average molecular weight is 240 g/mol. The lowest BCUT2D eigenvalue weighted by Crippen LogP contribution is -2.02. The van der Waals surface area contributed by atoms with Gasteiger partial charge in [-0.25, -0.2) is 9.97 Å². The van der Waals surface area contributed by atoms with Crippen LogP contribution in [0.25, 0.3) is 22.4 Å². The number of hydrogen-bond acceptors (Lipinski definition) is 4. The molecule has 5 heteroatoms. The molecule has 2 N–H and O–H groups in total. The molecule has 0 aliphatic heterocycles. The van der Waals surface area contributed by atoms with Crippen molar-refractivity contribution >= 4 is 11.2 Å². The van der Waals surface area contributed by atoms with Crippen molar-refractivity contribution in [1.82, 2.24) is 20.2 Å². The maximum absolute atomic E-state index is 9.83. The largest absolute Gasteiger partial charge is 0.387 e. The summed E-state index contributed by atoms with van der Waals surface area (Å²) in [5.74, 6) is 0. The molecule has 0 amide bonds. The molecule has 0 spiro atoms. The lowest BCUT2D eigenvalue weighted by Gasteiger charge is -2.10. The molecular formula is C13H12N4O. The van der Waals surface area contributed by atoms with Crippen LogP contribution in [-0.4, -0.2) is 25.3 Å². The molecule has 0 fully saturated rings. The Hall–Kier alpha value is -2.27. The molecule has 1 unspecified atom stereocenters. The minimum absolute atomic E-state index is 0.554. The summed E-state index contributed by atoms with van der Waals surface area (Å²) in [5.41, 5.74) is 3.46. The van der Waals surface area contributed by atoms with Gasteiger partial charge in [0, 0.05) is 5.56 Å². The lowest BCUT2D eigenvalue weighted by molar-refractivity contribution is 0.195. The van der Waals surface area contributed by atoms with Crippen molar-refractivity contribution in [1.29, 1.82) is 0 Å². The number of fused-ring (bicyclic) bond motifs is 1. The van der Waals surface area contributed by atoms with E-state index in [4.69, 9.17) is 0 Å². The Labute approximate surface area is 104 Å². The van der Waals surface area contributed by atoms with Crippen LogP contribution in [0.3, 0.4) is 0 Å². The highest BCUT2D eigenvalue weighted by Crippen LogP contribution is 2.26. The zero-order valence-corrected chi connectivity index (χ0v) is 9.83. The monoisotopic (exact) mass is 240 g/mol. The van der Waals surface area contributed by atoms with Gasteiger partial charge in [-0.2, -0.15) is 5.10 Å². The minimum Gasteiger partial charge on any atom is -0.387 e. The Bertz CT molecular complexity index is 676. The number of aliphatic hydroxyl groups is 1. The predicted octanol–water partition coefficient (Wildman–Crippen LogP) is 2.07. The molecule has 5 nitrogen and oxygen atoms in total. The van der Waals surface area contributed by atoms with Gasteiger partial charge in [0.25, 0.3) is 0 Å². The van der Waals surface area contributed by atoms with E-state index in [0.29, 0.717) is 22.6 Å². The highest BCUT2D eigenvalue weighted by atomic mass is 16.3. The van der Waals surface area contributed by atoms with Gasteiger partial charge in [-0.1, -0.05) is 30.3 Å². The first-order valence-corrected chi connectivity index (χ1v) is 5.70. The topological polar surface area (TPSA) is 74.7 Å². The van der Waals surface area contributed by atoms with Gasteiger partial charge in [-0.05, 0) is 6.92 Å². The molecule has 0 aliphatic rings. The van der Waals surface area contributed by atoms with Crippen LogP contribution in [0.4, 0.5) is 0 Å². The quantitative estimate of drug-likeness (QED) is 0.719. The van der Waals surface area contributed by atoms with E-state index in [1.807, 2.05) is 30.3 Å². The number of aliphatic hydroxyl groups excluding tert-OH is 1. The fraction of sp³-hybridized carbons (Fsp3) is 0.154. The Morgan fingerprint density at radius 3 is 2.67 bits per heavy atom. The smallest absolute Gasteiger partial charge is 0.174 e. The molecule has 0 aliphatic carbocycles. The summed E-state index contributed by atoms with van der Waals surface area (Å²) in [5, 5.41) is 16.5. The van der Waals surface area contributed by atoms with E-state index < -0.39 is 6.10 Å². The van der Waals surface area contributed by atoms with Gasteiger partial charge in [0.05, 0.1) is 23.7 Å². The average Bonchev–Trinajstić information content (AvgIpc) is 2.85. The number of benzene rings is 1. The normalized spacial score (nSPS) is 12.8. The molecule has 90 valence electrons. The summed E-state index contributed by atoms with van der Waals surface area (Å²) in [7, 11) is 0.